The van der Waals surface area contributed by atoms with Crippen LogP contribution in [-0.4, -0.2) is 56.6 Å². The van der Waals surface area contributed by atoms with Gasteiger partial charge in [-0.05, 0) is 24.4 Å². The SMILES string of the molecule is CCC1(F)CC(F)(C(C)(F)F)OC(Cl)(Cl)C1(F)F.CCC1(F)CC(F)(C(C)(F)F)OC(F)(Cl)C1(F)F. The molecular weight excluding hydrogens is 602 g/mol. The summed E-state index contributed by atoms with van der Waals surface area (Å²) in [7, 11) is 0. The van der Waals surface area contributed by atoms with Crippen molar-refractivity contribution in [3.05, 3.63) is 0 Å². The molecule has 2 aliphatic rings. The molecule has 0 saturated carbocycles. The highest BCUT2D eigenvalue weighted by Crippen LogP contribution is 2.62. The maximum Gasteiger partial charge on any atom is 0.357 e. The Kier molecular flexibility index (Phi) is 8.69. The Hall–Kier alpha value is -0.120. The normalized spacial score (nSPS) is 42.3. The van der Waals surface area contributed by atoms with Crippen molar-refractivity contribution in [2.24, 2.45) is 0 Å². The van der Waals surface area contributed by atoms with Crippen LogP contribution in [0, 0.1) is 0 Å². The maximum absolute atomic E-state index is 14.0. The molecule has 0 spiro atoms. The molecule has 0 aliphatic carbocycles. The standard InChI is InChI=1S/C9H10Cl2F6O.C9H10ClF7O/c1-3-6(14)4-7(15,5(2,12)13)18-9(10,11)8(6,16)17;1-3-6(13)4-7(14,5(2,11)12)18-9(10,17)8(6,15)16/h2*3-4H2,1-2H3. The molecule has 36 heavy (non-hydrogen) atoms. The van der Waals surface area contributed by atoms with E-state index in [2.05, 4.69) is 21.1 Å². The molecule has 0 aromatic carbocycles. The Morgan fingerprint density at radius 2 is 0.917 bits per heavy atom. The molecule has 0 aromatic rings. The van der Waals surface area contributed by atoms with Crippen molar-refractivity contribution in [2.45, 2.75) is 110 Å². The van der Waals surface area contributed by atoms with Crippen molar-refractivity contribution < 1.29 is 66.5 Å². The van der Waals surface area contributed by atoms with Gasteiger partial charge in [-0.1, -0.05) is 37.0 Å². The average molecular weight is 622 g/mol. The van der Waals surface area contributed by atoms with Crippen LogP contribution in [0.25, 0.3) is 0 Å². The van der Waals surface area contributed by atoms with Crippen LogP contribution in [-0.2, 0) is 9.47 Å². The minimum atomic E-state index is -4.96. The molecule has 0 bridgehead atoms. The largest absolute Gasteiger partial charge is 0.357 e. The van der Waals surface area contributed by atoms with Crippen LogP contribution in [0.4, 0.5) is 57.1 Å². The Balaban J connectivity index is 0.000000360. The molecule has 18 heteroatoms. The first kappa shape index (κ1) is 33.9. The smallest absolute Gasteiger partial charge is 0.299 e. The maximum atomic E-state index is 14.0. The molecule has 2 heterocycles. The van der Waals surface area contributed by atoms with Gasteiger partial charge in [0.15, 0.2) is 11.3 Å². The zero-order chi connectivity index (χ0) is 29.2. The summed E-state index contributed by atoms with van der Waals surface area (Å²) in [4.78, 5) is 0. The van der Waals surface area contributed by atoms with E-state index < -0.39 is 82.3 Å². The van der Waals surface area contributed by atoms with Crippen molar-refractivity contribution in [1.29, 1.82) is 0 Å². The number of hydrogen-bond acceptors (Lipinski definition) is 2. The van der Waals surface area contributed by atoms with E-state index in [-0.39, 0.29) is 13.8 Å². The molecule has 0 radical (unpaired) electrons. The third kappa shape index (κ3) is 5.21. The highest BCUT2D eigenvalue weighted by Gasteiger charge is 2.80. The Morgan fingerprint density at radius 3 is 1.22 bits per heavy atom. The van der Waals surface area contributed by atoms with E-state index in [1.54, 1.807) is 0 Å². The van der Waals surface area contributed by atoms with E-state index in [0.29, 0.717) is 0 Å². The summed E-state index contributed by atoms with van der Waals surface area (Å²) in [5.41, 5.74) is -7.51. The second-order valence-corrected chi connectivity index (χ2v) is 10.4. The van der Waals surface area contributed by atoms with Crippen LogP contribution in [0.3, 0.4) is 0 Å². The van der Waals surface area contributed by atoms with Crippen LogP contribution in [0.5, 0.6) is 0 Å². The van der Waals surface area contributed by atoms with Gasteiger partial charge in [-0.25, -0.2) is 35.1 Å². The van der Waals surface area contributed by atoms with Gasteiger partial charge in [0.2, 0.25) is 0 Å². The number of ether oxygens (including phenoxy) is 2. The third-order valence-corrected chi connectivity index (χ3v) is 6.83. The molecule has 5 unspecified atom stereocenters. The number of alkyl halides is 16. The van der Waals surface area contributed by atoms with Gasteiger partial charge < -0.3 is 0 Å². The van der Waals surface area contributed by atoms with Gasteiger partial charge in [0.1, 0.15) is 0 Å². The monoisotopic (exact) mass is 620 g/mol. The van der Waals surface area contributed by atoms with Gasteiger partial charge in [0, 0.05) is 13.8 Å². The first-order chi connectivity index (χ1) is 15.4. The van der Waals surface area contributed by atoms with Crippen molar-refractivity contribution in [3.8, 4) is 0 Å². The summed E-state index contributed by atoms with van der Waals surface area (Å²) in [5, 5.41) is -4.69. The van der Waals surface area contributed by atoms with Crippen LogP contribution in [0.1, 0.15) is 53.4 Å². The van der Waals surface area contributed by atoms with Gasteiger partial charge in [-0.2, -0.15) is 22.0 Å². The lowest BCUT2D eigenvalue weighted by Crippen LogP contribution is -2.69. The Labute approximate surface area is 211 Å². The predicted molar refractivity (Wildman–Crippen MR) is 103 cm³/mol. The predicted octanol–water partition coefficient (Wildman–Crippen LogP) is 8.96. The number of hydrogen-bond donors (Lipinski definition) is 0. The molecule has 2 saturated heterocycles. The fourth-order valence-electron chi connectivity index (χ4n) is 3.25. The molecule has 2 aliphatic heterocycles. The van der Waals surface area contributed by atoms with Gasteiger partial charge in [0.05, 0.1) is 12.8 Å². The van der Waals surface area contributed by atoms with Crippen molar-refractivity contribution in [1.82, 2.24) is 0 Å². The van der Waals surface area contributed by atoms with Crippen LogP contribution < -0.4 is 0 Å². The van der Waals surface area contributed by atoms with Crippen LogP contribution in [0.2, 0.25) is 0 Å². The minimum Gasteiger partial charge on any atom is -0.299 e. The van der Waals surface area contributed by atoms with Gasteiger partial charge in [-0.15, -0.1) is 0 Å². The summed E-state index contributed by atoms with van der Waals surface area (Å²) in [6.07, 6.45) is -5.95. The lowest BCUT2D eigenvalue weighted by atomic mass is 9.83. The van der Waals surface area contributed by atoms with Gasteiger partial charge in [-0.3, -0.25) is 9.47 Å². The van der Waals surface area contributed by atoms with Crippen LogP contribution >= 0.6 is 34.8 Å². The van der Waals surface area contributed by atoms with E-state index in [4.69, 9.17) is 23.2 Å². The summed E-state index contributed by atoms with van der Waals surface area (Å²) in [6.45, 7) is 1.80. The lowest BCUT2D eigenvalue weighted by Gasteiger charge is -2.50. The second kappa shape index (κ2) is 9.22. The van der Waals surface area contributed by atoms with E-state index in [9.17, 15) is 57.1 Å². The zero-order valence-electron chi connectivity index (χ0n) is 18.7. The first-order valence-electron chi connectivity index (χ1n) is 9.88. The van der Waals surface area contributed by atoms with Crippen molar-refractivity contribution >= 4 is 34.8 Å². The van der Waals surface area contributed by atoms with Crippen molar-refractivity contribution in [3.63, 3.8) is 0 Å². The van der Waals surface area contributed by atoms with E-state index in [1.165, 1.54) is 0 Å². The molecule has 216 valence electrons. The summed E-state index contributed by atoms with van der Waals surface area (Å²) < 4.78 is 178. The van der Waals surface area contributed by atoms with Gasteiger partial charge in [0.25, 0.3) is 16.2 Å². The summed E-state index contributed by atoms with van der Waals surface area (Å²) in [5.74, 6) is -26.4. The molecule has 0 amide bonds. The average Bonchev–Trinajstić information content (AvgIpc) is 2.63. The molecule has 0 N–H and O–H groups in total. The fourth-order valence-corrected chi connectivity index (χ4v) is 4.13. The molecular formula is C18H20Cl3F13O2. The van der Waals surface area contributed by atoms with E-state index >= 15 is 0 Å². The molecule has 0 aromatic heterocycles. The first-order valence-corrected chi connectivity index (χ1v) is 11.0. The van der Waals surface area contributed by atoms with Gasteiger partial charge >= 0.3 is 29.0 Å². The molecule has 2 fully saturated rings. The lowest BCUT2D eigenvalue weighted by molar-refractivity contribution is -0.421. The Bertz CT molecular complexity index is 749. The second-order valence-electron chi connectivity index (χ2n) is 8.61. The molecule has 2 rings (SSSR count). The molecule has 2 nitrogen and oxygen atoms in total. The molecule has 5 atom stereocenters. The zero-order valence-corrected chi connectivity index (χ0v) is 21.0. The van der Waals surface area contributed by atoms with Crippen molar-refractivity contribution in [2.75, 3.05) is 0 Å². The highest BCUT2D eigenvalue weighted by atomic mass is 35.5. The number of rotatable bonds is 4. The van der Waals surface area contributed by atoms with E-state index in [1.807, 2.05) is 0 Å². The Morgan fingerprint density at radius 1 is 0.611 bits per heavy atom. The topological polar surface area (TPSA) is 18.5 Å². The van der Waals surface area contributed by atoms with E-state index in [0.717, 1.165) is 13.8 Å². The fraction of sp³-hybridized carbons (Fsp3) is 1.00. The highest BCUT2D eigenvalue weighted by molar-refractivity contribution is 6.48. The van der Waals surface area contributed by atoms with Crippen LogP contribution in [0.15, 0.2) is 0 Å². The minimum absolute atomic E-state index is 0.0422. The summed E-state index contributed by atoms with van der Waals surface area (Å²) >= 11 is 14.6. The number of halogens is 16. The summed E-state index contributed by atoms with van der Waals surface area (Å²) in [6, 6.07) is 0. The quantitative estimate of drug-likeness (QED) is 0.231. The third-order valence-electron chi connectivity index (χ3n) is 5.88.